The second-order valence-corrected chi connectivity index (χ2v) is 6.87. The van der Waals surface area contributed by atoms with Crippen molar-refractivity contribution in [2.24, 2.45) is 0 Å². The van der Waals surface area contributed by atoms with E-state index in [1.54, 1.807) is 4.90 Å². The molecular weight excluding hydrogens is 423 g/mol. The average Bonchev–Trinajstić information content (AvgIpc) is 2.94. The van der Waals surface area contributed by atoms with Crippen LogP contribution in [0.15, 0.2) is 24.5 Å². The van der Waals surface area contributed by atoms with Gasteiger partial charge in [-0.15, -0.1) is 18.3 Å². The second-order valence-electron chi connectivity index (χ2n) is 6.48. The van der Waals surface area contributed by atoms with Crippen molar-refractivity contribution in [3.63, 3.8) is 0 Å². The first kappa shape index (κ1) is 19.7. The quantitative estimate of drug-likeness (QED) is 0.461. The highest BCUT2D eigenvalue weighted by Gasteiger charge is 2.40. The Morgan fingerprint density at radius 3 is 2.55 bits per heavy atom. The van der Waals surface area contributed by atoms with Crippen molar-refractivity contribution in [1.29, 1.82) is 0 Å². The molecule has 0 radical (unpaired) electrons. The minimum absolute atomic E-state index is 0.0534. The molecule has 29 heavy (non-hydrogen) atoms. The summed E-state index contributed by atoms with van der Waals surface area (Å²) in [6, 6.07) is 2.52. The number of alkyl halides is 5. The van der Waals surface area contributed by atoms with Gasteiger partial charge in [0.1, 0.15) is 17.0 Å². The molecule has 1 fully saturated rings. The molecule has 4 rings (SSSR count). The number of fused-ring (bicyclic) bond motifs is 1. The van der Waals surface area contributed by atoms with Crippen molar-refractivity contribution >= 4 is 28.3 Å². The van der Waals surface area contributed by atoms with Crippen LogP contribution in [0, 0.1) is 0 Å². The Kier molecular flexibility index (Phi) is 4.57. The zero-order valence-corrected chi connectivity index (χ0v) is 15.4. The van der Waals surface area contributed by atoms with E-state index in [0.29, 0.717) is 23.6 Å². The normalized spacial score (nSPS) is 15.8. The number of ether oxygens (including phenoxy) is 1. The maximum absolute atomic E-state index is 13.6. The first-order valence-electron chi connectivity index (χ1n) is 8.27. The van der Waals surface area contributed by atoms with Crippen LogP contribution in [-0.4, -0.2) is 50.3 Å². The van der Waals surface area contributed by atoms with Crippen LogP contribution in [0.1, 0.15) is 12.6 Å². The van der Waals surface area contributed by atoms with Gasteiger partial charge in [-0.2, -0.15) is 13.5 Å². The summed E-state index contributed by atoms with van der Waals surface area (Å²) in [5.74, 6) is -3.03. The number of aromatic nitrogens is 5. The van der Waals surface area contributed by atoms with Gasteiger partial charge in [0, 0.05) is 38.5 Å². The second kappa shape index (κ2) is 6.73. The van der Waals surface area contributed by atoms with Gasteiger partial charge in [0.25, 0.3) is 11.9 Å². The Bertz CT molecular complexity index is 1060. The van der Waals surface area contributed by atoms with E-state index in [9.17, 15) is 22.0 Å². The van der Waals surface area contributed by atoms with Crippen LogP contribution in [0.5, 0.6) is 0 Å². The van der Waals surface area contributed by atoms with Crippen molar-refractivity contribution in [3.8, 4) is 5.95 Å². The minimum Gasteiger partial charge on any atom is -0.349 e. The molecule has 3 aromatic heterocycles. The molecule has 0 unspecified atom stereocenters. The average molecular weight is 435 g/mol. The third-order valence-electron chi connectivity index (χ3n) is 4.24. The molecule has 0 N–H and O–H groups in total. The fraction of sp³-hybridized carbons (Fsp3) is 0.375. The van der Waals surface area contributed by atoms with Crippen molar-refractivity contribution in [3.05, 3.63) is 35.4 Å². The van der Waals surface area contributed by atoms with Gasteiger partial charge < -0.3 is 4.90 Å². The lowest BCUT2D eigenvalue weighted by atomic mass is 10.1. The lowest BCUT2D eigenvalue weighted by molar-refractivity contribution is -0.344. The highest BCUT2D eigenvalue weighted by molar-refractivity contribution is 6.30. The first-order valence-corrected chi connectivity index (χ1v) is 8.64. The molecular formula is C16H12ClF5N6O. The first-order chi connectivity index (χ1) is 13.5. The Morgan fingerprint density at radius 1 is 1.17 bits per heavy atom. The van der Waals surface area contributed by atoms with E-state index >= 15 is 0 Å². The Labute approximate surface area is 165 Å². The molecule has 0 spiro atoms. The predicted octanol–water partition coefficient (Wildman–Crippen LogP) is 3.70. The number of anilines is 1. The molecule has 0 saturated carbocycles. The number of hydrogen-bond acceptors (Lipinski definition) is 6. The summed E-state index contributed by atoms with van der Waals surface area (Å²) in [6.45, 7) is 0.595. The molecule has 0 atom stereocenters. The van der Waals surface area contributed by atoms with Gasteiger partial charge in [0.2, 0.25) is 0 Å². The molecule has 1 aliphatic rings. The van der Waals surface area contributed by atoms with Crippen LogP contribution in [0.2, 0.25) is 5.15 Å². The van der Waals surface area contributed by atoms with E-state index in [-0.39, 0.29) is 24.2 Å². The van der Waals surface area contributed by atoms with E-state index in [1.807, 2.05) is 0 Å². The molecule has 1 aliphatic heterocycles. The molecule has 4 heterocycles. The topological polar surface area (TPSA) is 69.0 Å². The van der Waals surface area contributed by atoms with E-state index in [1.165, 1.54) is 23.1 Å². The highest BCUT2D eigenvalue weighted by Crippen LogP contribution is 2.34. The number of halogens is 6. The fourth-order valence-corrected chi connectivity index (χ4v) is 3.08. The van der Waals surface area contributed by atoms with Gasteiger partial charge in [0.15, 0.2) is 5.82 Å². The molecule has 13 heteroatoms. The fourth-order valence-electron chi connectivity index (χ4n) is 2.93. The molecule has 7 nitrogen and oxygen atoms in total. The van der Waals surface area contributed by atoms with Crippen LogP contribution in [0.25, 0.3) is 16.9 Å². The third-order valence-corrected chi connectivity index (χ3v) is 4.45. The zero-order chi connectivity index (χ0) is 21.0. The maximum atomic E-state index is 13.6. The highest BCUT2D eigenvalue weighted by atomic mass is 35.5. The number of nitrogens with zero attached hydrogens (tertiary/aromatic N) is 6. The number of rotatable bonds is 4. The summed E-state index contributed by atoms with van der Waals surface area (Å²) in [6.07, 6.45) is -3.20. The smallest absolute Gasteiger partial charge is 0.349 e. The van der Waals surface area contributed by atoms with Gasteiger partial charge in [-0.3, -0.25) is 4.74 Å². The van der Waals surface area contributed by atoms with Gasteiger partial charge in [-0.05, 0) is 6.07 Å². The lowest BCUT2D eigenvalue weighted by Crippen LogP contribution is -2.54. The summed E-state index contributed by atoms with van der Waals surface area (Å²) in [5.41, 5.74) is -0.132. The summed E-state index contributed by atoms with van der Waals surface area (Å²) in [5, 5.41) is 4.88. The largest absolute Gasteiger partial charge is 0.522 e. The Balaban J connectivity index is 1.73. The molecule has 0 aromatic carbocycles. The monoisotopic (exact) mass is 434 g/mol. The molecule has 0 aliphatic carbocycles. The van der Waals surface area contributed by atoms with Crippen LogP contribution in [0.3, 0.4) is 0 Å². The SMILES string of the molecule is CC(F)(F)c1ccnc(-n2nc(N3CC(OC(F)(F)F)C3)c3cnc(Cl)cc32)n1. The zero-order valence-electron chi connectivity index (χ0n) is 14.7. The third kappa shape index (κ3) is 3.94. The Morgan fingerprint density at radius 2 is 1.90 bits per heavy atom. The number of hydrogen-bond donors (Lipinski definition) is 0. The number of pyridine rings is 1. The lowest BCUT2D eigenvalue weighted by Gasteiger charge is -2.39. The van der Waals surface area contributed by atoms with Gasteiger partial charge in [0.05, 0.1) is 10.9 Å². The van der Waals surface area contributed by atoms with Crippen molar-refractivity contribution in [2.75, 3.05) is 18.0 Å². The molecule has 1 saturated heterocycles. The van der Waals surface area contributed by atoms with Crippen molar-refractivity contribution in [2.45, 2.75) is 25.3 Å². The van der Waals surface area contributed by atoms with Gasteiger partial charge in [-0.1, -0.05) is 11.6 Å². The Hall–Kier alpha value is -2.60. The van der Waals surface area contributed by atoms with Gasteiger partial charge >= 0.3 is 6.36 Å². The van der Waals surface area contributed by atoms with Crippen molar-refractivity contribution in [1.82, 2.24) is 24.7 Å². The minimum atomic E-state index is -4.73. The van der Waals surface area contributed by atoms with Gasteiger partial charge in [-0.25, -0.2) is 15.0 Å². The van der Waals surface area contributed by atoms with Crippen LogP contribution >= 0.6 is 11.6 Å². The summed E-state index contributed by atoms with van der Waals surface area (Å²) in [7, 11) is 0. The summed E-state index contributed by atoms with van der Waals surface area (Å²) in [4.78, 5) is 13.4. The molecule has 3 aromatic rings. The van der Waals surface area contributed by atoms with Crippen LogP contribution in [0.4, 0.5) is 27.8 Å². The van der Waals surface area contributed by atoms with E-state index < -0.39 is 24.1 Å². The summed E-state index contributed by atoms with van der Waals surface area (Å²) < 4.78 is 69.5. The van der Waals surface area contributed by atoms with Crippen molar-refractivity contribution < 1.29 is 26.7 Å². The van der Waals surface area contributed by atoms with Crippen LogP contribution < -0.4 is 4.90 Å². The standard InChI is InChI=1S/C16H12ClF5N6O/c1-15(18,19)11-2-3-23-14(25-11)28-10-4-12(17)24-5-9(10)13(26-28)27-6-8(7-27)29-16(20,21)22/h2-5,8H,6-7H2,1H3. The van der Waals surface area contributed by atoms with E-state index in [2.05, 4.69) is 24.8 Å². The predicted molar refractivity (Wildman–Crippen MR) is 92.2 cm³/mol. The molecule has 0 bridgehead atoms. The molecule has 0 amide bonds. The summed E-state index contributed by atoms with van der Waals surface area (Å²) >= 11 is 5.94. The molecule has 154 valence electrons. The van der Waals surface area contributed by atoms with E-state index in [4.69, 9.17) is 11.6 Å². The maximum Gasteiger partial charge on any atom is 0.522 e. The van der Waals surface area contributed by atoms with E-state index in [0.717, 1.165) is 6.07 Å². The van der Waals surface area contributed by atoms with Crippen LogP contribution in [-0.2, 0) is 10.7 Å².